The Bertz CT molecular complexity index is 467. The molecule has 112 valence electrons. The highest BCUT2D eigenvalue weighted by Crippen LogP contribution is 2.19. The molecule has 1 aromatic rings. The van der Waals surface area contributed by atoms with E-state index in [0.29, 0.717) is 12.0 Å². The van der Waals surface area contributed by atoms with Crippen molar-refractivity contribution in [3.63, 3.8) is 0 Å². The molecule has 0 radical (unpaired) electrons. The van der Waals surface area contributed by atoms with Crippen molar-refractivity contribution in [2.45, 2.75) is 52.6 Å². The van der Waals surface area contributed by atoms with Gasteiger partial charge in [-0.15, -0.1) is 0 Å². The van der Waals surface area contributed by atoms with E-state index >= 15 is 0 Å². The van der Waals surface area contributed by atoms with Crippen molar-refractivity contribution >= 4 is 5.91 Å². The van der Waals surface area contributed by atoms with Gasteiger partial charge in [-0.05, 0) is 25.7 Å². The molecule has 2 rings (SSSR count). The number of carbonyl (C=O) groups excluding carboxylic acids is 1. The van der Waals surface area contributed by atoms with Gasteiger partial charge in [0.2, 0.25) is 0 Å². The normalized spacial score (nSPS) is 23.8. The number of amides is 1. The summed E-state index contributed by atoms with van der Waals surface area (Å²) in [5, 5.41) is 3.05. The summed E-state index contributed by atoms with van der Waals surface area (Å²) >= 11 is 0. The van der Waals surface area contributed by atoms with Crippen molar-refractivity contribution < 1.29 is 9.21 Å². The number of hydrogen-bond acceptors (Lipinski definition) is 4. The SMILES string of the molecule is CC(C)c1coc(C(=O)N[C@@H]2CN(C(C)C)C[C@@H]2C)n1. The van der Waals surface area contributed by atoms with Crippen LogP contribution in [0.2, 0.25) is 0 Å². The van der Waals surface area contributed by atoms with Crippen LogP contribution in [-0.2, 0) is 0 Å². The molecular formula is C15H25N3O2. The van der Waals surface area contributed by atoms with Crippen LogP contribution in [0, 0.1) is 5.92 Å². The lowest BCUT2D eigenvalue weighted by Crippen LogP contribution is -2.40. The first-order valence-corrected chi connectivity index (χ1v) is 7.38. The maximum atomic E-state index is 12.2. The minimum Gasteiger partial charge on any atom is -0.441 e. The Morgan fingerprint density at radius 1 is 1.40 bits per heavy atom. The maximum Gasteiger partial charge on any atom is 0.307 e. The van der Waals surface area contributed by atoms with Gasteiger partial charge in [0.05, 0.1) is 5.69 Å². The van der Waals surface area contributed by atoms with E-state index in [0.717, 1.165) is 18.8 Å². The van der Waals surface area contributed by atoms with E-state index in [-0.39, 0.29) is 23.8 Å². The number of hydrogen-bond donors (Lipinski definition) is 1. The van der Waals surface area contributed by atoms with Gasteiger partial charge in [0, 0.05) is 25.2 Å². The molecule has 0 bridgehead atoms. The van der Waals surface area contributed by atoms with E-state index in [4.69, 9.17) is 4.42 Å². The topological polar surface area (TPSA) is 58.4 Å². The van der Waals surface area contributed by atoms with Crippen LogP contribution in [0.1, 0.15) is 56.9 Å². The second-order valence-corrected chi connectivity index (χ2v) is 6.34. The van der Waals surface area contributed by atoms with Crippen molar-refractivity contribution in [3.05, 3.63) is 17.8 Å². The number of carbonyl (C=O) groups is 1. The smallest absolute Gasteiger partial charge is 0.307 e. The first kappa shape index (κ1) is 15.0. The molecule has 0 unspecified atom stereocenters. The fraction of sp³-hybridized carbons (Fsp3) is 0.733. The molecule has 1 aliphatic rings. The van der Waals surface area contributed by atoms with E-state index in [2.05, 4.69) is 36.0 Å². The van der Waals surface area contributed by atoms with Crippen LogP contribution >= 0.6 is 0 Å². The monoisotopic (exact) mass is 279 g/mol. The van der Waals surface area contributed by atoms with Crippen LogP contribution in [0.3, 0.4) is 0 Å². The molecule has 2 heterocycles. The predicted molar refractivity (Wildman–Crippen MR) is 77.7 cm³/mol. The van der Waals surface area contributed by atoms with Crippen LogP contribution in [0.15, 0.2) is 10.7 Å². The van der Waals surface area contributed by atoms with Gasteiger partial charge in [0.15, 0.2) is 0 Å². The van der Waals surface area contributed by atoms with E-state index in [1.54, 1.807) is 6.26 Å². The number of nitrogens with one attached hydrogen (secondary N) is 1. The lowest BCUT2D eigenvalue weighted by atomic mass is 10.1. The summed E-state index contributed by atoms with van der Waals surface area (Å²) in [5.41, 5.74) is 0.818. The maximum absolute atomic E-state index is 12.2. The number of nitrogens with zero attached hydrogens (tertiary/aromatic N) is 2. The van der Waals surface area contributed by atoms with E-state index in [1.165, 1.54) is 0 Å². The Morgan fingerprint density at radius 2 is 2.10 bits per heavy atom. The molecule has 1 fully saturated rings. The van der Waals surface area contributed by atoms with Gasteiger partial charge >= 0.3 is 5.91 Å². The number of likely N-dealkylation sites (tertiary alicyclic amines) is 1. The summed E-state index contributed by atoms with van der Waals surface area (Å²) in [6.07, 6.45) is 1.57. The Morgan fingerprint density at radius 3 is 2.60 bits per heavy atom. The summed E-state index contributed by atoms with van der Waals surface area (Å²) < 4.78 is 5.27. The van der Waals surface area contributed by atoms with Gasteiger partial charge in [-0.25, -0.2) is 4.98 Å². The summed E-state index contributed by atoms with van der Waals surface area (Å²) in [5.74, 6) is 0.672. The Labute approximate surface area is 120 Å². The van der Waals surface area contributed by atoms with Crippen molar-refractivity contribution in [3.8, 4) is 0 Å². The van der Waals surface area contributed by atoms with Crippen molar-refractivity contribution in [1.29, 1.82) is 0 Å². The second-order valence-electron chi connectivity index (χ2n) is 6.34. The third-order valence-corrected chi connectivity index (χ3v) is 4.00. The molecule has 2 atom stereocenters. The molecule has 0 aliphatic carbocycles. The standard InChI is InChI=1S/C15H25N3O2/c1-9(2)13-8-20-15(17-13)14(19)16-12-7-18(10(3)4)6-11(12)5/h8-12H,6-7H2,1-5H3,(H,16,19)/t11-,12+/m0/s1. The minimum absolute atomic E-state index is 0.166. The average Bonchev–Trinajstić information content (AvgIpc) is 2.97. The Balaban J connectivity index is 1.97. The zero-order valence-electron chi connectivity index (χ0n) is 13.0. The average molecular weight is 279 g/mol. The molecule has 5 heteroatoms. The van der Waals surface area contributed by atoms with Crippen LogP contribution in [0.5, 0.6) is 0 Å². The molecule has 1 amide bonds. The lowest BCUT2D eigenvalue weighted by Gasteiger charge is -2.20. The number of oxazole rings is 1. The molecule has 1 aromatic heterocycles. The van der Waals surface area contributed by atoms with Crippen LogP contribution in [0.25, 0.3) is 0 Å². The highest BCUT2D eigenvalue weighted by Gasteiger charge is 2.32. The van der Waals surface area contributed by atoms with E-state index < -0.39 is 0 Å². The zero-order valence-corrected chi connectivity index (χ0v) is 13.0. The van der Waals surface area contributed by atoms with Gasteiger partial charge in [0.25, 0.3) is 5.89 Å². The van der Waals surface area contributed by atoms with Gasteiger partial charge in [-0.3, -0.25) is 9.69 Å². The quantitative estimate of drug-likeness (QED) is 0.918. The van der Waals surface area contributed by atoms with Crippen molar-refractivity contribution in [1.82, 2.24) is 15.2 Å². The number of rotatable bonds is 4. The van der Waals surface area contributed by atoms with Gasteiger partial charge in [0.1, 0.15) is 6.26 Å². The molecule has 20 heavy (non-hydrogen) atoms. The molecule has 5 nitrogen and oxygen atoms in total. The Hall–Kier alpha value is -1.36. The van der Waals surface area contributed by atoms with Gasteiger partial charge in [-0.1, -0.05) is 20.8 Å². The Kier molecular flexibility index (Phi) is 4.48. The molecule has 1 N–H and O–H groups in total. The van der Waals surface area contributed by atoms with Crippen LogP contribution < -0.4 is 5.32 Å². The third kappa shape index (κ3) is 3.20. The largest absolute Gasteiger partial charge is 0.441 e. The summed E-state index contributed by atoms with van der Waals surface area (Å²) in [4.78, 5) is 18.8. The molecule has 1 aliphatic heterocycles. The van der Waals surface area contributed by atoms with Crippen molar-refractivity contribution in [2.24, 2.45) is 5.92 Å². The first-order chi connectivity index (χ1) is 9.38. The first-order valence-electron chi connectivity index (χ1n) is 7.38. The van der Waals surface area contributed by atoms with Crippen molar-refractivity contribution in [2.75, 3.05) is 13.1 Å². The van der Waals surface area contributed by atoms with E-state index in [9.17, 15) is 4.79 Å². The fourth-order valence-corrected chi connectivity index (χ4v) is 2.50. The van der Waals surface area contributed by atoms with Gasteiger partial charge in [-0.2, -0.15) is 0 Å². The van der Waals surface area contributed by atoms with Crippen LogP contribution in [-0.4, -0.2) is 41.0 Å². The van der Waals surface area contributed by atoms with Crippen LogP contribution in [0.4, 0.5) is 0 Å². The summed E-state index contributed by atoms with van der Waals surface area (Å²) in [6, 6.07) is 0.674. The third-order valence-electron chi connectivity index (χ3n) is 4.00. The second kappa shape index (κ2) is 5.95. The molecular weight excluding hydrogens is 254 g/mol. The molecule has 0 saturated carbocycles. The highest BCUT2D eigenvalue weighted by atomic mass is 16.4. The highest BCUT2D eigenvalue weighted by molar-refractivity contribution is 5.89. The molecule has 0 aromatic carbocycles. The molecule has 1 saturated heterocycles. The summed E-state index contributed by atoms with van der Waals surface area (Å²) in [6.45, 7) is 12.5. The van der Waals surface area contributed by atoms with E-state index in [1.807, 2.05) is 13.8 Å². The minimum atomic E-state index is -0.209. The summed E-state index contributed by atoms with van der Waals surface area (Å²) in [7, 11) is 0. The fourth-order valence-electron chi connectivity index (χ4n) is 2.50. The molecule has 0 spiro atoms. The predicted octanol–water partition coefficient (Wildman–Crippen LogP) is 2.26. The zero-order chi connectivity index (χ0) is 14.9. The number of aromatic nitrogens is 1. The lowest BCUT2D eigenvalue weighted by molar-refractivity contribution is 0.0895. The van der Waals surface area contributed by atoms with Gasteiger partial charge < -0.3 is 9.73 Å².